The fraction of sp³-hybridized carbons (Fsp3) is 0.400. The van der Waals surface area contributed by atoms with Gasteiger partial charge in [0, 0.05) is 17.2 Å². The van der Waals surface area contributed by atoms with E-state index in [-0.39, 0.29) is 17.1 Å². The first-order valence-electron chi connectivity index (χ1n) is 8.93. The Hall–Kier alpha value is -1.99. The molecule has 2 N–H and O–H groups in total. The number of ether oxygens (including phenoxy) is 1. The van der Waals surface area contributed by atoms with E-state index in [9.17, 15) is 9.18 Å². The number of carbonyl (C=O) groups excluding carboxylic acids is 1. The molecular formula is C20H23BrFN3O2. The van der Waals surface area contributed by atoms with Crippen molar-refractivity contribution in [3.05, 3.63) is 52.4 Å². The Morgan fingerprint density at radius 3 is 2.89 bits per heavy atom. The van der Waals surface area contributed by atoms with Gasteiger partial charge in [0.15, 0.2) is 17.3 Å². The van der Waals surface area contributed by atoms with Crippen molar-refractivity contribution in [1.82, 2.24) is 10.3 Å². The number of carbonyl (C=O) groups is 1. The molecule has 2 heterocycles. The van der Waals surface area contributed by atoms with Gasteiger partial charge in [-0.25, -0.2) is 9.37 Å². The van der Waals surface area contributed by atoms with Crippen LogP contribution in [0.4, 0.5) is 10.2 Å². The maximum atomic E-state index is 14.1. The molecular weight excluding hydrogens is 413 g/mol. The van der Waals surface area contributed by atoms with Crippen molar-refractivity contribution >= 4 is 27.5 Å². The smallest absolute Gasteiger partial charge is 0.188 e. The van der Waals surface area contributed by atoms with Crippen LogP contribution < -0.4 is 15.4 Å². The predicted molar refractivity (Wildman–Crippen MR) is 107 cm³/mol. The van der Waals surface area contributed by atoms with E-state index in [1.54, 1.807) is 12.3 Å². The van der Waals surface area contributed by atoms with Crippen LogP contribution in [0, 0.1) is 11.7 Å². The van der Waals surface area contributed by atoms with Crippen LogP contribution in [0.2, 0.25) is 0 Å². The Morgan fingerprint density at radius 1 is 1.44 bits per heavy atom. The molecule has 144 valence electrons. The van der Waals surface area contributed by atoms with Crippen LogP contribution in [0.25, 0.3) is 0 Å². The third-order valence-corrected chi connectivity index (χ3v) is 5.47. The minimum absolute atomic E-state index is 0.0101. The lowest BCUT2D eigenvalue weighted by molar-refractivity contribution is 0.0802. The van der Waals surface area contributed by atoms with E-state index in [1.807, 2.05) is 12.1 Å². The summed E-state index contributed by atoms with van der Waals surface area (Å²) in [5, 5.41) is 6.66. The lowest BCUT2D eigenvalue weighted by Crippen LogP contribution is -2.60. The first-order valence-corrected chi connectivity index (χ1v) is 9.72. The second-order valence-corrected chi connectivity index (χ2v) is 7.89. The fourth-order valence-corrected chi connectivity index (χ4v) is 3.59. The van der Waals surface area contributed by atoms with Crippen molar-refractivity contribution in [2.75, 3.05) is 25.5 Å². The molecule has 0 amide bonds. The monoisotopic (exact) mass is 435 g/mol. The molecule has 0 unspecified atom stereocenters. The molecule has 1 aliphatic heterocycles. The normalized spacial score (nSPS) is 22.3. The number of hydrogen-bond donors (Lipinski definition) is 2. The van der Waals surface area contributed by atoms with Crippen LogP contribution in [0.3, 0.4) is 0 Å². The van der Waals surface area contributed by atoms with E-state index in [1.165, 1.54) is 19.2 Å². The van der Waals surface area contributed by atoms with E-state index in [0.29, 0.717) is 24.7 Å². The van der Waals surface area contributed by atoms with Gasteiger partial charge in [-0.2, -0.15) is 0 Å². The first kappa shape index (κ1) is 19.8. The fourth-order valence-electron chi connectivity index (χ4n) is 3.35. The number of benzene rings is 1. The number of hydrogen-bond acceptors (Lipinski definition) is 5. The van der Waals surface area contributed by atoms with Gasteiger partial charge >= 0.3 is 0 Å². The van der Waals surface area contributed by atoms with E-state index < -0.39 is 11.4 Å². The second-order valence-electron chi connectivity index (χ2n) is 6.97. The molecule has 1 saturated heterocycles. The summed E-state index contributed by atoms with van der Waals surface area (Å²) in [5.74, 6) is 0.438. The summed E-state index contributed by atoms with van der Waals surface area (Å²) in [6.45, 7) is 3.22. The first-order chi connectivity index (χ1) is 12.9. The molecule has 2 aromatic rings. The van der Waals surface area contributed by atoms with Gasteiger partial charge in [-0.05, 0) is 65.5 Å². The number of nitrogens with zero attached hydrogens (tertiary/aromatic N) is 1. The zero-order chi connectivity index (χ0) is 19.4. The lowest BCUT2D eigenvalue weighted by atomic mass is 9.79. The number of para-hydroxylation sites is 1. The van der Waals surface area contributed by atoms with Crippen LogP contribution in [-0.2, 0) is 0 Å². The van der Waals surface area contributed by atoms with Crippen LogP contribution in [0.1, 0.15) is 30.1 Å². The predicted octanol–water partition coefficient (Wildman–Crippen LogP) is 4.04. The van der Waals surface area contributed by atoms with Crippen molar-refractivity contribution in [2.45, 2.75) is 25.3 Å². The Morgan fingerprint density at radius 2 is 2.26 bits per heavy atom. The quantitative estimate of drug-likeness (QED) is 0.670. The van der Waals surface area contributed by atoms with Gasteiger partial charge in [0.05, 0.1) is 18.2 Å². The highest BCUT2D eigenvalue weighted by Gasteiger charge is 2.42. The SMILES string of the molecule is COc1c(F)cccc1C(=O)[C@@]1(CNc2ccc(Br)cn2)CC[C@H](C)CN1. The molecule has 2 atom stereocenters. The minimum Gasteiger partial charge on any atom is -0.493 e. The summed E-state index contributed by atoms with van der Waals surface area (Å²) in [4.78, 5) is 17.8. The van der Waals surface area contributed by atoms with Gasteiger partial charge in [0.2, 0.25) is 0 Å². The number of ketones is 1. The molecule has 7 heteroatoms. The van der Waals surface area contributed by atoms with E-state index in [0.717, 1.165) is 17.4 Å². The average Bonchev–Trinajstić information content (AvgIpc) is 2.68. The highest BCUT2D eigenvalue weighted by molar-refractivity contribution is 9.10. The largest absolute Gasteiger partial charge is 0.493 e. The van der Waals surface area contributed by atoms with E-state index in [4.69, 9.17) is 4.74 Å². The summed E-state index contributed by atoms with van der Waals surface area (Å²) in [6, 6.07) is 8.17. The summed E-state index contributed by atoms with van der Waals surface area (Å²) in [7, 11) is 1.38. The van der Waals surface area contributed by atoms with Crippen molar-refractivity contribution in [3.8, 4) is 5.75 Å². The van der Waals surface area contributed by atoms with Crippen molar-refractivity contribution < 1.29 is 13.9 Å². The molecule has 0 bridgehead atoms. The van der Waals surface area contributed by atoms with Gasteiger partial charge in [0.25, 0.3) is 0 Å². The molecule has 1 aromatic carbocycles. The van der Waals surface area contributed by atoms with Gasteiger partial charge in [-0.3, -0.25) is 4.79 Å². The Labute approximate surface area is 166 Å². The molecule has 1 aromatic heterocycles. The zero-order valence-corrected chi connectivity index (χ0v) is 17.0. The number of Topliss-reactive ketones (excluding diaryl/α,β-unsaturated/α-hetero) is 1. The highest BCUT2D eigenvalue weighted by atomic mass is 79.9. The van der Waals surface area contributed by atoms with Crippen LogP contribution >= 0.6 is 15.9 Å². The van der Waals surface area contributed by atoms with Gasteiger partial charge in [-0.15, -0.1) is 0 Å². The van der Waals surface area contributed by atoms with Crippen molar-refractivity contribution in [2.24, 2.45) is 5.92 Å². The lowest BCUT2D eigenvalue weighted by Gasteiger charge is -2.39. The summed E-state index contributed by atoms with van der Waals surface area (Å²) < 4.78 is 20.2. The third kappa shape index (κ3) is 4.30. The molecule has 0 spiro atoms. The summed E-state index contributed by atoms with van der Waals surface area (Å²) >= 11 is 3.36. The van der Waals surface area contributed by atoms with Gasteiger partial charge < -0.3 is 15.4 Å². The number of nitrogens with one attached hydrogen (secondary N) is 2. The third-order valence-electron chi connectivity index (χ3n) is 5.00. The number of rotatable bonds is 6. The molecule has 1 aliphatic rings. The van der Waals surface area contributed by atoms with Crippen LogP contribution in [0.5, 0.6) is 5.75 Å². The van der Waals surface area contributed by atoms with Gasteiger partial charge in [0.1, 0.15) is 5.82 Å². The second kappa shape index (κ2) is 8.35. The van der Waals surface area contributed by atoms with Crippen LogP contribution in [0.15, 0.2) is 41.0 Å². The molecule has 0 saturated carbocycles. The zero-order valence-electron chi connectivity index (χ0n) is 15.4. The maximum Gasteiger partial charge on any atom is 0.188 e. The van der Waals surface area contributed by atoms with E-state index >= 15 is 0 Å². The molecule has 3 rings (SSSR count). The van der Waals surface area contributed by atoms with Crippen molar-refractivity contribution in [1.29, 1.82) is 0 Å². The topological polar surface area (TPSA) is 63.2 Å². The average molecular weight is 436 g/mol. The molecule has 0 radical (unpaired) electrons. The number of halogens is 2. The standard InChI is InChI=1S/C20H23BrFN3O2/c1-13-8-9-20(25-10-13,12-24-17-7-6-14(21)11-23-17)19(26)15-4-3-5-16(22)18(15)27-2/h3-7,11,13,25H,8-10,12H2,1-2H3,(H,23,24)/t13-,20-/m0/s1. The number of aromatic nitrogens is 1. The molecule has 5 nitrogen and oxygen atoms in total. The Bertz CT molecular complexity index is 805. The number of pyridine rings is 1. The summed E-state index contributed by atoms with van der Waals surface area (Å²) in [5.41, 5.74) is -0.590. The van der Waals surface area contributed by atoms with Crippen LogP contribution in [-0.4, -0.2) is 36.5 Å². The molecule has 1 fully saturated rings. The van der Waals surface area contributed by atoms with Crippen molar-refractivity contribution in [3.63, 3.8) is 0 Å². The number of anilines is 1. The van der Waals surface area contributed by atoms with E-state index in [2.05, 4.69) is 38.5 Å². The van der Waals surface area contributed by atoms with Gasteiger partial charge in [-0.1, -0.05) is 13.0 Å². The summed E-state index contributed by atoms with van der Waals surface area (Å²) in [6.07, 6.45) is 3.25. The molecule has 27 heavy (non-hydrogen) atoms. The number of piperidine rings is 1. The number of methoxy groups -OCH3 is 1. The maximum absolute atomic E-state index is 14.1. The molecule has 0 aliphatic carbocycles. The highest BCUT2D eigenvalue weighted by Crippen LogP contribution is 2.31. The minimum atomic E-state index is -0.845. The Kier molecular flexibility index (Phi) is 6.11. The Balaban J connectivity index is 1.89.